The summed E-state index contributed by atoms with van der Waals surface area (Å²) in [6, 6.07) is 1.59. The third-order valence-corrected chi connectivity index (χ3v) is 5.20. The summed E-state index contributed by atoms with van der Waals surface area (Å²) < 4.78 is 32.4. The maximum atomic E-state index is 12.2. The molecule has 0 aliphatic heterocycles. The number of nitrogens with one attached hydrogen (secondary N) is 2. The molecule has 2 N–H and O–H groups in total. The van der Waals surface area contributed by atoms with Crippen molar-refractivity contribution in [3.8, 4) is 0 Å². The maximum Gasteiger partial charge on any atom is 0.244 e. The molecule has 1 saturated carbocycles. The number of rotatable bonds is 7. The summed E-state index contributed by atoms with van der Waals surface area (Å²) in [5.41, 5.74) is 0. The van der Waals surface area contributed by atoms with Gasteiger partial charge in [0.05, 0.1) is 6.54 Å². The van der Waals surface area contributed by atoms with Crippen molar-refractivity contribution in [2.24, 2.45) is 5.92 Å². The molecule has 0 unspecified atom stereocenters. The van der Waals surface area contributed by atoms with Gasteiger partial charge in [-0.15, -0.1) is 0 Å². The van der Waals surface area contributed by atoms with E-state index in [1.165, 1.54) is 19.3 Å². The van der Waals surface area contributed by atoms with Crippen LogP contribution in [0.25, 0.3) is 0 Å². The Kier molecular flexibility index (Phi) is 4.65. The average molecular weight is 286 g/mol. The monoisotopic (exact) mass is 286 g/mol. The molecule has 0 spiro atoms. The molecule has 5 nitrogen and oxygen atoms in total. The van der Waals surface area contributed by atoms with Gasteiger partial charge < -0.3 is 9.73 Å². The zero-order chi connectivity index (χ0) is 13.9. The van der Waals surface area contributed by atoms with Gasteiger partial charge in [-0.3, -0.25) is 0 Å². The lowest BCUT2D eigenvalue weighted by molar-refractivity contribution is 0.297. The molecule has 1 aliphatic rings. The Labute approximate surface area is 114 Å². The molecule has 1 heterocycles. The van der Waals surface area contributed by atoms with Crippen LogP contribution in [-0.2, 0) is 16.6 Å². The molecular formula is C13H22N2O3S. The first kappa shape index (κ1) is 14.6. The molecule has 108 valence electrons. The Hall–Kier alpha value is -0.850. The molecule has 0 bridgehead atoms. The van der Waals surface area contributed by atoms with Crippen LogP contribution in [-0.4, -0.2) is 22.0 Å². The van der Waals surface area contributed by atoms with E-state index in [0.717, 1.165) is 6.42 Å². The first-order valence-corrected chi connectivity index (χ1v) is 8.25. The zero-order valence-electron chi connectivity index (χ0n) is 11.5. The van der Waals surface area contributed by atoms with Crippen molar-refractivity contribution >= 4 is 10.0 Å². The van der Waals surface area contributed by atoms with E-state index in [2.05, 4.69) is 10.0 Å². The molecule has 6 heteroatoms. The summed E-state index contributed by atoms with van der Waals surface area (Å²) in [6.45, 7) is 2.72. The van der Waals surface area contributed by atoms with E-state index in [4.69, 9.17) is 4.42 Å². The van der Waals surface area contributed by atoms with Crippen molar-refractivity contribution in [1.82, 2.24) is 10.0 Å². The van der Waals surface area contributed by atoms with Crippen LogP contribution in [0.5, 0.6) is 0 Å². The highest BCUT2D eigenvalue weighted by atomic mass is 32.2. The summed E-state index contributed by atoms with van der Waals surface area (Å²) in [4.78, 5) is 0.256. The van der Waals surface area contributed by atoms with Crippen LogP contribution in [0.15, 0.2) is 15.4 Å². The van der Waals surface area contributed by atoms with Gasteiger partial charge in [-0.25, -0.2) is 13.1 Å². The summed E-state index contributed by atoms with van der Waals surface area (Å²) in [7, 11) is -1.65. The van der Waals surface area contributed by atoms with Crippen molar-refractivity contribution in [3.63, 3.8) is 0 Å². The van der Waals surface area contributed by atoms with E-state index >= 15 is 0 Å². The molecule has 0 radical (unpaired) electrons. The van der Waals surface area contributed by atoms with Gasteiger partial charge in [-0.05, 0) is 26.3 Å². The van der Waals surface area contributed by atoms with Gasteiger partial charge >= 0.3 is 0 Å². The van der Waals surface area contributed by atoms with E-state index in [1.54, 1.807) is 20.0 Å². The van der Waals surface area contributed by atoms with Crippen molar-refractivity contribution in [1.29, 1.82) is 0 Å². The maximum absolute atomic E-state index is 12.2. The van der Waals surface area contributed by atoms with Gasteiger partial charge in [0, 0.05) is 12.6 Å². The Morgan fingerprint density at radius 1 is 1.42 bits per heavy atom. The predicted octanol–water partition coefficient (Wildman–Crippen LogP) is 1.78. The minimum atomic E-state index is -3.44. The summed E-state index contributed by atoms with van der Waals surface area (Å²) in [6.07, 6.45) is 4.68. The van der Waals surface area contributed by atoms with Gasteiger partial charge in [-0.2, -0.15) is 0 Å². The largest absolute Gasteiger partial charge is 0.464 e. The van der Waals surface area contributed by atoms with Crippen LogP contribution in [0.3, 0.4) is 0 Å². The lowest BCUT2D eigenvalue weighted by atomic mass is 9.83. The van der Waals surface area contributed by atoms with Gasteiger partial charge in [0.1, 0.15) is 16.4 Å². The number of furan rings is 1. The Morgan fingerprint density at radius 2 is 2.16 bits per heavy atom. The van der Waals surface area contributed by atoms with E-state index in [1.807, 2.05) is 0 Å². The van der Waals surface area contributed by atoms with Gasteiger partial charge in [0.2, 0.25) is 10.0 Å². The van der Waals surface area contributed by atoms with Crippen molar-refractivity contribution in [3.05, 3.63) is 17.6 Å². The van der Waals surface area contributed by atoms with Crippen LogP contribution in [0.2, 0.25) is 0 Å². The fourth-order valence-electron chi connectivity index (χ4n) is 2.31. The molecule has 0 saturated heterocycles. The molecule has 1 aromatic rings. The molecule has 1 fully saturated rings. The highest BCUT2D eigenvalue weighted by Gasteiger charge is 2.22. The van der Waals surface area contributed by atoms with E-state index in [0.29, 0.717) is 30.5 Å². The van der Waals surface area contributed by atoms with Crippen molar-refractivity contribution in [2.45, 2.75) is 44.0 Å². The molecule has 0 aromatic carbocycles. The topological polar surface area (TPSA) is 71.3 Å². The number of hydrogen-bond donors (Lipinski definition) is 2. The van der Waals surface area contributed by atoms with E-state index in [-0.39, 0.29) is 4.90 Å². The smallest absolute Gasteiger partial charge is 0.244 e. The SMILES string of the molecule is CNCc1cc(S(=O)(=O)NCCC2CCC2)c(C)o1. The van der Waals surface area contributed by atoms with Crippen LogP contribution >= 0.6 is 0 Å². The second-order valence-electron chi connectivity index (χ2n) is 5.15. The van der Waals surface area contributed by atoms with Gasteiger partial charge in [0.25, 0.3) is 0 Å². The number of aryl methyl sites for hydroxylation is 1. The second kappa shape index (κ2) is 6.07. The molecule has 0 amide bonds. The summed E-state index contributed by atoms with van der Waals surface area (Å²) in [5.74, 6) is 1.79. The third kappa shape index (κ3) is 3.58. The van der Waals surface area contributed by atoms with E-state index in [9.17, 15) is 8.42 Å². The van der Waals surface area contributed by atoms with Crippen LogP contribution in [0, 0.1) is 12.8 Å². The van der Waals surface area contributed by atoms with Crippen LogP contribution in [0.1, 0.15) is 37.2 Å². The molecule has 2 rings (SSSR count). The molecule has 1 aliphatic carbocycles. The standard InChI is InChI=1S/C13H22N2O3S/c1-10-13(8-12(18-10)9-14-2)19(16,17)15-7-6-11-4-3-5-11/h8,11,14-15H,3-7,9H2,1-2H3. The minimum absolute atomic E-state index is 0.256. The first-order chi connectivity index (χ1) is 9.03. The Balaban J connectivity index is 1.97. The van der Waals surface area contributed by atoms with Crippen LogP contribution < -0.4 is 10.0 Å². The lowest BCUT2D eigenvalue weighted by Gasteiger charge is -2.25. The van der Waals surface area contributed by atoms with Crippen LogP contribution in [0.4, 0.5) is 0 Å². The third-order valence-electron chi connectivity index (χ3n) is 3.63. The van der Waals surface area contributed by atoms with Crippen molar-refractivity contribution in [2.75, 3.05) is 13.6 Å². The predicted molar refractivity (Wildman–Crippen MR) is 73.4 cm³/mol. The lowest BCUT2D eigenvalue weighted by Crippen LogP contribution is -2.27. The molecule has 0 atom stereocenters. The second-order valence-corrected chi connectivity index (χ2v) is 6.88. The summed E-state index contributed by atoms with van der Waals surface area (Å²) in [5, 5.41) is 2.94. The van der Waals surface area contributed by atoms with E-state index < -0.39 is 10.0 Å². The quantitative estimate of drug-likeness (QED) is 0.801. The fraction of sp³-hybridized carbons (Fsp3) is 0.692. The van der Waals surface area contributed by atoms with Crippen molar-refractivity contribution < 1.29 is 12.8 Å². The average Bonchev–Trinajstić information content (AvgIpc) is 2.65. The normalized spacial score (nSPS) is 16.5. The Bertz CT molecular complexity index is 518. The minimum Gasteiger partial charge on any atom is -0.464 e. The highest BCUT2D eigenvalue weighted by molar-refractivity contribution is 7.89. The summed E-state index contributed by atoms with van der Waals surface area (Å²) >= 11 is 0. The highest BCUT2D eigenvalue weighted by Crippen LogP contribution is 2.29. The number of sulfonamides is 1. The number of hydrogen-bond acceptors (Lipinski definition) is 4. The molecule has 19 heavy (non-hydrogen) atoms. The van der Waals surface area contributed by atoms with Gasteiger partial charge in [-0.1, -0.05) is 19.3 Å². The fourth-order valence-corrected chi connectivity index (χ4v) is 3.56. The Morgan fingerprint density at radius 3 is 2.74 bits per heavy atom. The zero-order valence-corrected chi connectivity index (χ0v) is 12.3. The molecular weight excluding hydrogens is 264 g/mol. The van der Waals surface area contributed by atoms with Gasteiger partial charge in [0.15, 0.2) is 0 Å². The first-order valence-electron chi connectivity index (χ1n) is 6.76. The molecule has 1 aromatic heterocycles.